The second-order valence-electron chi connectivity index (χ2n) is 4.32. The lowest BCUT2D eigenvalue weighted by Crippen LogP contribution is -2.37. The first-order chi connectivity index (χ1) is 8.76. The Labute approximate surface area is 110 Å². The molecule has 0 aliphatic carbocycles. The fourth-order valence-corrected chi connectivity index (χ4v) is 2.17. The Morgan fingerprint density at radius 1 is 1.22 bits per heavy atom. The minimum Gasteiger partial charge on any atom is -0.383 e. The third-order valence-corrected chi connectivity index (χ3v) is 3.25. The van der Waals surface area contributed by atoms with Crippen molar-refractivity contribution < 1.29 is 4.74 Å². The molecule has 0 N–H and O–H groups in total. The quantitative estimate of drug-likeness (QED) is 0.741. The molecule has 3 heteroatoms. The molecule has 0 atom stereocenters. The van der Waals surface area contributed by atoms with E-state index in [0.29, 0.717) is 11.6 Å². The van der Waals surface area contributed by atoms with Crippen LogP contribution in [0.4, 0.5) is 5.69 Å². The van der Waals surface area contributed by atoms with Gasteiger partial charge in [0.25, 0.3) is 0 Å². The Morgan fingerprint density at radius 2 is 1.83 bits per heavy atom. The molecule has 0 heterocycles. The molecule has 1 rings (SSSR count). The lowest BCUT2D eigenvalue weighted by Gasteiger charge is -2.32. The third-order valence-electron chi connectivity index (χ3n) is 3.25. The van der Waals surface area contributed by atoms with E-state index in [4.69, 9.17) is 10.00 Å². The van der Waals surface area contributed by atoms with Gasteiger partial charge in [0.1, 0.15) is 0 Å². The van der Waals surface area contributed by atoms with Crippen molar-refractivity contribution in [2.24, 2.45) is 0 Å². The van der Waals surface area contributed by atoms with E-state index >= 15 is 0 Å². The number of hydrogen-bond acceptors (Lipinski definition) is 3. The summed E-state index contributed by atoms with van der Waals surface area (Å²) in [6.07, 6.45) is 2.22. The summed E-state index contributed by atoms with van der Waals surface area (Å²) in [6, 6.07) is 10.5. The first kappa shape index (κ1) is 14.5. The van der Waals surface area contributed by atoms with Gasteiger partial charge in [0.05, 0.1) is 18.2 Å². The second-order valence-corrected chi connectivity index (χ2v) is 4.32. The van der Waals surface area contributed by atoms with Gasteiger partial charge in [0.2, 0.25) is 0 Å². The van der Waals surface area contributed by atoms with Crippen molar-refractivity contribution in [3.05, 3.63) is 29.8 Å². The number of rotatable bonds is 7. The Kier molecular flexibility index (Phi) is 6.24. The predicted octanol–water partition coefficient (Wildman–Crippen LogP) is 3.20. The van der Waals surface area contributed by atoms with Crippen LogP contribution < -0.4 is 4.90 Å². The van der Waals surface area contributed by atoms with Gasteiger partial charge in [-0.15, -0.1) is 0 Å². The number of nitrogens with zero attached hydrogens (tertiary/aromatic N) is 2. The fourth-order valence-electron chi connectivity index (χ4n) is 2.17. The Morgan fingerprint density at radius 3 is 2.28 bits per heavy atom. The summed E-state index contributed by atoms with van der Waals surface area (Å²) < 4.78 is 5.18. The van der Waals surface area contributed by atoms with Gasteiger partial charge >= 0.3 is 0 Å². The minimum absolute atomic E-state index is 0.521. The smallest absolute Gasteiger partial charge is 0.0991 e. The van der Waals surface area contributed by atoms with Crippen LogP contribution in [0.2, 0.25) is 0 Å². The first-order valence-corrected chi connectivity index (χ1v) is 6.52. The molecule has 0 aliphatic rings. The SMILES string of the molecule is CCC(CC)N(CCOC)c1ccc(C#N)cc1. The van der Waals surface area contributed by atoms with Crippen molar-refractivity contribution in [2.75, 3.05) is 25.2 Å². The molecule has 0 radical (unpaired) electrons. The highest BCUT2D eigenvalue weighted by Crippen LogP contribution is 2.20. The third kappa shape index (κ3) is 3.75. The molecule has 0 bridgehead atoms. The minimum atomic E-state index is 0.521. The molecule has 18 heavy (non-hydrogen) atoms. The average Bonchev–Trinajstić information content (AvgIpc) is 2.43. The van der Waals surface area contributed by atoms with Crippen molar-refractivity contribution in [1.82, 2.24) is 0 Å². The van der Waals surface area contributed by atoms with Gasteiger partial charge in [-0.3, -0.25) is 0 Å². The monoisotopic (exact) mass is 246 g/mol. The van der Waals surface area contributed by atoms with Crippen molar-refractivity contribution in [3.8, 4) is 6.07 Å². The number of benzene rings is 1. The average molecular weight is 246 g/mol. The largest absolute Gasteiger partial charge is 0.383 e. The molecule has 0 aliphatic heterocycles. The maximum atomic E-state index is 8.83. The Balaban J connectivity index is 2.89. The topological polar surface area (TPSA) is 36.3 Å². The van der Waals surface area contributed by atoms with Crippen LogP contribution in [0.5, 0.6) is 0 Å². The molecule has 0 unspecified atom stereocenters. The zero-order valence-electron chi connectivity index (χ0n) is 11.5. The van der Waals surface area contributed by atoms with E-state index in [1.807, 2.05) is 24.3 Å². The second kappa shape index (κ2) is 7.73. The molecule has 0 amide bonds. The van der Waals surface area contributed by atoms with Crippen LogP contribution in [0, 0.1) is 11.3 Å². The van der Waals surface area contributed by atoms with E-state index in [1.54, 1.807) is 7.11 Å². The van der Waals surface area contributed by atoms with Gasteiger partial charge < -0.3 is 9.64 Å². The van der Waals surface area contributed by atoms with Crippen LogP contribution in [-0.2, 0) is 4.74 Å². The molecule has 1 aromatic carbocycles. The molecule has 0 aromatic heterocycles. The normalized spacial score (nSPS) is 10.4. The lowest BCUT2D eigenvalue weighted by molar-refractivity contribution is 0.202. The standard InChI is InChI=1S/C15H22N2O/c1-4-14(5-2)17(10-11-18-3)15-8-6-13(12-16)7-9-15/h6-9,14H,4-5,10-11H2,1-3H3. The van der Waals surface area contributed by atoms with Gasteiger partial charge in [-0.2, -0.15) is 5.26 Å². The summed E-state index contributed by atoms with van der Waals surface area (Å²) in [6.45, 7) is 6.01. The van der Waals surface area contributed by atoms with E-state index in [2.05, 4.69) is 24.8 Å². The highest BCUT2D eigenvalue weighted by Gasteiger charge is 2.15. The van der Waals surface area contributed by atoms with E-state index in [1.165, 1.54) is 5.69 Å². The van der Waals surface area contributed by atoms with E-state index in [0.717, 1.165) is 26.0 Å². The predicted molar refractivity (Wildman–Crippen MR) is 74.7 cm³/mol. The summed E-state index contributed by atoms with van der Waals surface area (Å²) in [7, 11) is 1.73. The maximum Gasteiger partial charge on any atom is 0.0991 e. The van der Waals surface area contributed by atoms with Crippen molar-refractivity contribution in [2.45, 2.75) is 32.7 Å². The van der Waals surface area contributed by atoms with Crippen LogP contribution in [-0.4, -0.2) is 26.3 Å². The van der Waals surface area contributed by atoms with Gasteiger partial charge in [0, 0.05) is 25.4 Å². The van der Waals surface area contributed by atoms with Crippen molar-refractivity contribution in [1.29, 1.82) is 5.26 Å². The fraction of sp³-hybridized carbons (Fsp3) is 0.533. The van der Waals surface area contributed by atoms with E-state index in [9.17, 15) is 0 Å². The van der Waals surface area contributed by atoms with E-state index < -0.39 is 0 Å². The van der Waals surface area contributed by atoms with Gasteiger partial charge in [-0.1, -0.05) is 13.8 Å². The van der Waals surface area contributed by atoms with Crippen molar-refractivity contribution >= 4 is 5.69 Å². The van der Waals surface area contributed by atoms with Gasteiger partial charge in [-0.05, 0) is 37.1 Å². The Bertz CT molecular complexity index is 376. The molecule has 0 fully saturated rings. The molecule has 0 saturated carbocycles. The number of ether oxygens (including phenoxy) is 1. The molecular weight excluding hydrogens is 224 g/mol. The molecule has 0 spiro atoms. The highest BCUT2D eigenvalue weighted by atomic mass is 16.5. The first-order valence-electron chi connectivity index (χ1n) is 6.52. The molecule has 98 valence electrons. The summed E-state index contributed by atoms with van der Waals surface area (Å²) in [4.78, 5) is 2.37. The lowest BCUT2D eigenvalue weighted by atomic mass is 10.1. The molecule has 0 saturated heterocycles. The zero-order valence-corrected chi connectivity index (χ0v) is 11.5. The summed E-state index contributed by atoms with van der Waals surface area (Å²) in [5.41, 5.74) is 1.87. The van der Waals surface area contributed by atoms with E-state index in [-0.39, 0.29) is 0 Å². The number of methoxy groups -OCH3 is 1. The van der Waals surface area contributed by atoms with Crippen LogP contribution in [0.3, 0.4) is 0 Å². The summed E-state index contributed by atoms with van der Waals surface area (Å²) in [5.74, 6) is 0. The van der Waals surface area contributed by atoms with Crippen LogP contribution >= 0.6 is 0 Å². The highest BCUT2D eigenvalue weighted by molar-refractivity contribution is 5.50. The maximum absolute atomic E-state index is 8.83. The number of anilines is 1. The van der Waals surface area contributed by atoms with Gasteiger partial charge in [0.15, 0.2) is 0 Å². The van der Waals surface area contributed by atoms with Crippen molar-refractivity contribution in [3.63, 3.8) is 0 Å². The van der Waals surface area contributed by atoms with Crippen LogP contribution in [0.25, 0.3) is 0 Å². The Hall–Kier alpha value is -1.53. The molecular formula is C15H22N2O. The van der Waals surface area contributed by atoms with Crippen LogP contribution in [0.15, 0.2) is 24.3 Å². The zero-order chi connectivity index (χ0) is 13.4. The molecule has 1 aromatic rings. The summed E-state index contributed by atoms with van der Waals surface area (Å²) >= 11 is 0. The van der Waals surface area contributed by atoms with Crippen LogP contribution in [0.1, 0.15) is 32.3 Å². The molecule has 3 nitrogen and oxygen atoms in total. The number of nitriles is 1. The van der Waals surface area contributed by atoms with Gasteiger partial charge in [-0.25, -0.2) is 0 Å². The number of hydrogen-bond donors (Lipinski definition) is 0. The summed E-state index contributed by atoms with van der Waals surface area (Å²) in [5, 5.41) is 8.83.